The maximum Gasteiger partial charge on any atom is 0.252 e. The first kappa shape index (κ1) is 19.2. The zero-order chi connectivity index (χ0) is 19.2. The van der Waals surface area contributed by atoms with Gasteiger partial charge < -0.3 is 4.74 Å². The Morgan fingerprint density at radius 1 is 1.26 bits per heavy atom. The lowest BCUT2D eigenvalue weighted by atomic mass is 10.2. The van der Waals surface area contributed by atoms with Crippen LogP contribution in [0.25, 0.3) is 6.08 Å². The Morgan fingerprint density at radius 3 is 2.59 bits per heavy atom. The minimum absolute atomic E-state index is 0.109. The minimum atomic E-state index is -0.297. The summed E-state index contributed by atoms with van der Waals surface area (Å²) in [6.07, 6.45) is 4.07. The van der Waals surface area contributed by atoms with Crippen LogP contribution in [0.2, 0.25) is 0 Å². The van der Waals surface area contributed by atoms with E-state index in [0.717, 1.165) is 29.2 Å². The molecule has 0 bridgehead atoms. The number of halogens is 1. The van der Waals surface area contributed by atoms with Crippen LogP contribution in [-0.4, -0.2) is 34.9 Å². The summed E-state index contributed by atoms with van der Waals surface area (Å²) in [5.74, 6) is 1.17. The van der Waals surface area contributed by atoms with Gasteiger partial charge in [0.2, 0.25) is 0 Å². The van der Waals surface area contributed by atoms with Crippen LogP contribution in [0.15, 0.2) is 59.6 Å². The fraction of sp³-hybridized carbons (Fsp3) is 0.238. The van der Waals surface area contributed by atoms with E-state index in [1.165, 1.54) is 18.2 Å². The number of amidine groups is 1. The van der Waals surface area contributed by atoms with Crippen molar-refractivity contribution in [3.05, 3.63) is 66.0 Å². The molecule has 1 atom stereocenters. The molecular formula is C21H21FN2O2S. The van der Waals surface area contributed by atoms with Gasteiger partial charge in [-0.2, -0.15) is 0 Å². The highest BCUT2D eigenvalue weighted by molar-refractivity contribution is 8.14. The zero-order valence-corrected chi connectivity index (χ0v) is 16.1. The average molecular weight is 384 g/mol. The summed E-state index contributed by atoms with van der Waals surface area (Å²) < 4.78 is 18.2. The molecule has 0 saturated carbocycles. The molecule has 1 fully saturated rings. The maximum atomic E-state index is 13.0. The number of benzene rings is 2. The highest BCUT2D eigenvalue weighted by Gasteiger charge is 2.32. The standard InChI is InChI=1S/C21H21FN2O2S/c1-3-18-14-27-21(23-17-9-11-19(26-2)12-10-17)24(18)20(25)13-6-15-4-7-16(22)8-5-15/h4-13,18H,3,14H2,1-2H3/b13-6+,23-21?/t18-/m1/s1. The number of hydrogen-bond acceptors (Lipinski definition) is 4. The van der Waals surface area contributed by atoms with Crippen molar-refractivity contribution >= 4 is 34.6 Å². The number of hydrogen-bond donors (Lipinski definition) is 0. The van der Waals surface area contributed by atoms with Gasteiger partial charge in [-0.15, -0.1) is 0 Å². The molecule has 1 aliphatic heterocycles. The first-order valence-electron chi connectivity index (χ1n) is 8.73. The summed E-state index contributed by atoms with van der Waals surface area (Å²) >= 11 is 1.58. The Labute approximate surface area is 162 Å². The number of thioether (sulfide) groups is 1. The van der Waals surface area contributed by atoms with Crippen molar-refractivity contribution in [3.8, 4) is 5.75 Å². The zero-order valence-electron chi connectivity index (χ0n) is 15.3. The monoisotopic (exact) mass is 384 g/mol. The SMILES string of the molecule is CC[C@@H]1CSC(=Nc2ccc(OC)cc2)N1C(=O)/C=C/c1ccc(F)cc1. The number of methoxy groups -OCH3 is 1. The second-order valence-corrected chi connectivity index (χ2v) is 7.05. The molecule has 1 saturated heterocycles. The van der Waals surface area contributed by atoms with Crippen LogP contribution in [-0.2, 0) is 4.79 Å². The Bertz CT molecular complexity index is 847. The molecule has 2 aromatic carbocycles. The lowest BCUT2D eigenvalue weighted by Crippen LogP contribution is -2.37. The molecule has 2 aromatic rings. The number of aliphatic imine (C=N–C) groups is 1. The molecule has 140 valence electrons. The van der Waals surface area contributed by atoms with Crippen molar-refractivity contribution in [1.29, 1.82) is 0 Å². The Morgan fingerprint density at radius 2 is 1.96 bits per heavy atom. The van der Waals surface area contributed by atoms with Gasteiger partial charge in [0.15, 0.2) is 5.17 Å². The molecule has 0 aromatic heterocycles. The number of ether oxygens (including phenoxy) is 1. The van der Waals surface area contributed by atoms with Crippen molar-refractivity contribution in [3.63, 3.8) is 0 Å². The van der Waals surface area contributed by atoms with Crippen molar-refractivity contribution in [2.75, 3.05) is 12.9 Å². The molecule has 4 nitrogen and oxygen atoms in total. The van der Waals surface area contributed by atoms with Crippen LogP contribution in [0.3, 0.4) is 0 Å². The van der Waals surface area contributed by atoms with Crippen LogP contribution in [0.5, 0.6) is 5.75 Å². The van der Waals surface area contributed by atoms with Gasteiger partial charge in [0.05, 0.1) is 12.8 Å². The van der Waals surface area contributed by atoms with Crippen molar-refractivity contribution in [1.82, 2.24) is 4.90 Å². The Hall–Kier alpha value is -2.60. The molecule has 1 aliphatic rings. The van der Waals surface area contributed by atoms with E-state index in [-0.39, 0.29) is 17.8 Å². The van der Waals surface area contributed by atoms with E-state index in [4.69, 9.17) is 4.74 Å². The third-order valence-electron chi connectivity index (χ3n) is 4.27. The predicted octanol–water partition coefficient (Wildman–Crippen LogP) is 4.89. The van der Waals surface area contributed by atoms with Gasteiger partial charge >= 0.3 is 0 Å². The third-order valence-corrected chi connectivity index (χ3v) is 5.37. The van der Waals surface area contributed by atoms with E-state index in [2.05, 4.69) is 11.9 Å². The van der Waals surface area contributed by atoms with Crippen LogP contribution < -0.4 is 4.74 Å². The topological polar surface area (TPSA) is 41.9 Å². The molecule has 0 spiro atoms. The van der Waals surface area contributed by atoms with Crippen LogP contribution in [0.4, 0.5) is 10.1 Å². The molecule has 0 unspecified atom stereocenters. The third kappa shape index (κ3) is 4.77. The van der Waals surface area contributed by atoms with Gasteiger partial charge in [-0.05, 0) is 54.5 Å². The molecular weight excluding hydrogens is 363 g/mol. The lowest BCUT2D eigenvalue weighted by Gasteiger charge is -2.21. The summed E-state index contributed by atoms with van der Waals surface area (Å²) in [6.45, 7) is 2.06. The quantitative estimate of drug-likeness (QED) is 0.690. The van der Waals surface area contributed by atoms with E-state index < -0.39 is 0 Å². The van der Waals surface area contributed by atoms with Gasteiger partial charge in [0.25, 0.3) is 5.91 Å². The molecule has 3 rings (SSSR count). The van der Waals surface area contributed by atoms with Crippen LogP contribution >= 0.6 is 11.8 Å². The fourth-order valence-electron chi connectivity index (χ4n) is 2.72. The first-order valence-corrected chi connectivity index (χ1v) is 9.71. The minimum Gasteiger partial charge on any atom is -0.497 e. The summed E-state index contributed by atoms with van der Waals surface area (Å²) in [4.78, 5) is 19.2. The van der Waals surface area contributed by atoms with Gasteiger partial charge in [0, 0.05) is 17.9 Å². The van der Waals surface area contributed by atoms with E-state index in [1.54, 1.807) is 42.0 Å². The molecule has 1 amide bonds. The fourth-order valence-corrected chi connectivity index (χ4v) is 3.99. The van der Waals surface area contributed by atoms with E-state index in [0.29, 0.717) is 5.17 Å². The second kappa shape index (κ2) is 8.86. The summed E-state index contributed by atoms with van der Waals surface area (Å²) in [5, 5.41) is 0.695. The largest absolute Gasteiger partial charge is 0.497 e. The van der Waals surface area contributed by atoms with E-state index in [1.807, 2.05) is 24.3 Å². The summed E-state index contributed by atoms with van der Waals surface area (Å²) in [7, 11) is 1.62. The van der Waals surface area contributed by atoms with Crippen molar-refractivity contribution < 1.29 is 13.9 Å². The normalized spacial score (nSPS) is 18.4. The van der Waals surface area contributed by atoms with Gasteiger partial charge in [-0.1, -0.05) is 30.8 Å². The van der Waals surface area contributed by atoms with Crippen molar-refractivity contribution in [2.24, 2.45) is 4.99 Å². The highest BCUT2D eigenvalue weighted by Crippen LogP contribution is 2.29. The Kier molecular flexibility index (Phi) is 6.29. The van der Waals surface area contributed by atoms with Gasteiger partial charge in [0.1, 0.15) is 11.6 Å². The van der Waals surface area contributed by atoms with Crippen molar-refractivity contribution in [2.45, 2.75) is 19.4 Å². The number of carbonyl (C=O) groups is 1. The molecule has 6 heteroatoms. The number of amides is 1. The molecule has 1 heterocycles. The van der Waals surface area contributed by atoms with E-state index >= 15 is 0 Å². The molecule has 0 N–H and O–H groups in total. The van der Waals surface area contributed by atoms with E-state index in [9.17, 15) is 9.18 Å². The Balaban J connectivity index is 1.80. The van der Waals surface area contributed by atoms with Crippen LogP contribution in [0, 0.1) is 5.82 Å². The summed E-state index contributed by atoms with van der Waals surface area (Å²) in [6, 6.07) is 13.6. The smallest absolute Gasteiger partial charge is 0.252 e. The summed E-state index contributed by atoms with van der Waals surface area (Å²) in [5.41, 5.74) is 1.55. The molecule has 27 heavy (non-hydrogen) atoms. The van der Waals surface area contributed by atoms with Gasteiger partial charge in [-0.25, -0.2) is 9.38 Å². The van der Waals surface area contributed by atoms with Crippen LogP contribution in [0.1, 0.15) is 18.9 Å². The highest BCUT2D eigenvalue weighted by atomic mass is 32.2. The number of rotatable bonds is 5. The molecule has 0 radical (unpaired) electrons. The average Bonchev–Trinajstić information content (AvgIpc) is 3.10. The number of nitrogens with zero attached hydrogens (tertiary/aromatic N) is 2. The first-order chi connectivity index (χ1) is 13.1. The number of carbonyl (C=O) groups excluding carboxylic acids is 1. The molecule has 0 aliphatic carbocycles. The second-order valence-electron chi connectivity index (χ2n) is 6.06. The van der Waals surface area contributed by atoms with Gasteiger partial charge in [-0.3, -0.25) is 9.69 Å². The predicted molar refractivity (Wildman–Crippen MR) is 109 cm³/mol. The maximum absolute atomic E-state index is 13.0. The lowest BCUT2D eigenvalue weighted by molar-refractivity contribution is -0.123.